The first-order chi connectivity index (χ1) is 13.6. The van der Waals surface area contributed by atoms with Gasteiger partial charge in [-0.3, -0.25) is 0 Å². The Morgan fingerprint density at radius 1 is 0.964 bits per heavy atom. The highest BCUT2D eigenvalue weighted by molar-refractivity contribution is 7.78. The van der Waals surface area contributed by atoms with E-state index in [-0.39, 0.29) is 30.3 Å². The van der Waals surface area contributed by atoms with E-state index < -0.39 is 13.1 Å². The Hall–Kier alpha value is -2.85. The van der Waals surface area contributed by atoms with Gasteiger partial charge >= 0.3 is 11.9 Å². The average Bonchev–Trinajstić information content (AvgIpc) is 3.12. The van der Waals surface area contributed by atoms with E-state index in [1.165, 1.54) is 0 Å². The fourth-order valence-corrected chi connectivity index (χ4v) is 5.32. The molecule has 0 spiro atoms. The molecule has 0 radical (unpaired) electrons. The van der Waals surface area contributed by atoms with Crippen LogP contribution in [0.2, 0.25) is 0 Å². The zero-order valence-corrected chi connectivity index (χ0v) is 16.7. The first-order valence-corrected chi connectivity index (χ1v) is 11.0. The van der Waals surface area contributed by atoms with Crippen molar-refractivity contribution in [3.05, 3.63) is 72.2 Å². The summed E-state index contributed by atoms with van der Waals surface area (Å²) in [7, 11) is -3.08. The molecule has 0 aliphatic carbocycles. The van der Waals surface area contributed by atoms with E-state index in [0.29, 0.717) is 17.2 Å². The molecule has 28 heavy (non-hydrogen) atoms. The van der Waals surface area contributed by atoms with E-state index in [0.717, 1.165) is 0 Å². The Balaban J connectivity index is 2.04. The van der Waals surface area contributed by atoms with Gasteiger partial charge < -0.3 is 18.5 Å². The van der Waals surface area contributed by atoms with Crippen molar-refractivity contribution in [1.29, 1.82) is 0 Å². The Morgan fingerprint density at radius 3 is 2.04 bits per heavy atom. The summed E-state index contributed by atoms with van der Waals surface area (Å²) in [5.41, 5.74) is -0.0358. The topological polar surface area (TPSA) is 78.6 Å². The van der Waals surface area contributed by atoms with Crippen LogP contribution in [0, 0.1) is 0 Å². The number of esters is 1. The summed E-state index contributed by atoms with van der Waals surface area (Å²) < 4.78 is 30.2. The van der Waals surface area contributed by atoms with Crippen LogP contribution in [0.15, 0.2) is 65.1 Å². The van der Waals surface area contributed by atoms with E-state index >= 15 is 0 Å². The molecule has 2 aromatic carbocycles. The molecule has 0 bridgehead atoms. The summed E-state index contributed by atoms with van der Waals surface area (Å²) in [4.78, 5) is 16.4. The normalized spacial score (nSPS) is 11.2. The number of hydrogen-bond acceptors (Lipinski definition) is 6. The maximum atomic E-state index is 14.1. The predicted molar refractivity (Wildman–Crippen MR) is 107 cm³/mol. The molecular formula is C21H22NO5P. The predicted octanol–water partition coefficient (Wildman–Crippen LogP) is 3.76. The lowest BCUT2D eigenvalue weighted by Crippen LogP contribution is -2.17. The minimum atomic E-state index is -3.08. The van der Waals surface area contributed by atoms with Gasteiger partial charge in [0.15, 0.2) is 7.14 Å². The number of benzene rings is 2. The number of ether oxygens (including phenoxy) is 2. The van der Waals surface area contributed by atoms with Crippen LogP contribution in [-0.4, -0.2) is 24.2 Å². The molecule has 0 atom stereocenters. The van der Waals surface area contributed by atoms with Gasteiger partial charge in [0.05, 0.1) is 19.4 Å². The minimum Gasteiger partial charge on any atom is -0.464 e. The van der Waals surface area contributed by atoms with E-state index in [4.69, 9.17) is 13.9 Å². The second-order valence-electron chi connectivity index (χ2n) is 5.97. The van der Waals surface area contributed by atoms with Crippen LogP contribution in [0.5, 0.6) is 5.95 Å². The summed E-state index contributed by atoms with van der Waals surface area (Å²) in [5.74, 6) is -0.471. The molecule has 0 amide bonds. The Kier molecular flexibility index (Phi) is 6.32. The zero-order chi connectivity index (χ0) is 20.0. The molecule has 0 aliphatic heterocycles. The van der Waals surface area contributed by atoms with Gasteiger partial charge in [-0.05, 0) is 13.8 Å². The van der Waals surface area contributed by atoms with Crippen LogP contribution >= 0.6 is 7.14 Å². The first kappa shape index (κ1) is 19.9. The second-order valence-corrected chi connectivity index (χ2v) is 8.79. The van der Waals surface area contributed by atoms with E-state index in [9.17, 15) is 9.36 Å². The highest BCUT2D eigenvalue weighted by Crippen LogP contribution is 2.47. The second kappa shape index (κ2) is 8.89. The van der Waals surface area contributed by atoms with Crippen molar-refractivity contribution in [1.82, 2.24) is 4.98 Å². The molecule has 3 rings (SSSR count). The highest BCUT2D eigenvalue weighted by atomic mass is 31.2. The van der Waals surface area contributed by atoms with Crippen molar-refractivity contribution in [3.63, 3.8) is 0 Å². The monoisotopic (exact) mass is 399 g/mol. The Morgan fingerprint density at radius 2 is 1.54 bits per heavy atom. The molecule has 1 aromatic heterocycles. The lowest BCUT2D eigenvalue weighted by molar-refractivity contribution is 0.0512. The molecule has 146 valence electrons. The van der Waals surface area contributed by atoms with Gasteiger partial charge in [0.25, 0.3) is 0 Å². The lowest BCUT2D eigenvalue weighted by atomic mass is 10.4. The largest absolute Gasteiger partial charge is 0.464 e. The van der Waals surface area contributed by atoms with Crippen LogP contribution in [0.1, 0.15) is 30.2 Å². The SMILES string of the molecule is CCOC(=O)c1nc(CP(=O)(c2ccccc2)c2ccccc2)oc1OCC. The molecule has 1 heterocycles. The summed E-state index contributed by atoms with van der Waals surface area (Å²) in [6, 6.07) is 18.4. The molecule has 0 saturated carbocycles. The molecule has 0 aliphatic rings. The van der Waals surface area contributed by atoms with Crippen molar-refractivity contribution in [2.24, 2.45) is 0 Å². The molecular weight excluding hydrogens is 377 g/mol. The standard InChI is InChI=1S/C21H22NO5P/c1-3-25-20(23)19-21(26-4-2)27-18(22-19)15-28(24,16-11-7-5-8-12-16)17-13-9-6-10-14-17/h5-14H,3-4,15H2,1-2H3. The zero-order valence-electron chi connectivity index (χ0n) is 15.8. The van der Waals surface area contributed by atoms with Crippen LogP contribution < -0.4 is 15.3 Å². The maximum Gasteiger partial charge on any atom is 0.364 e. The van der Waals surface area contributed by atoms with Gasteiger partial charge in [-0.2, -0.15) is 0 Å². The summed E-state index contributed by atoms with van der Waals surface area (Å²) >= 11 is 0. The van der Waals surface area contributed by atoms with Gasteiger partial charge in [-0.25, -0.2) is 9.78 Å². The van der Waals surface area contributed by atoms with Gasteiger partial charge in [0.2, 0.25) is 11.6 Å². The Labute approximate surface area is 163 Å². The fourth-order valence-electron chi connectivity index (χ4n) is 2.83. The molecule has 0 saturated heterocycles. The number of rotatable bonds is 8. The number of oxazole rings is 1. The van der Waals surface area contributed by atoms with Crippen LogP contribution in [0.4, 0.5) is 0 Å². The average molecular weight is 399 g/mol. The van der Waals surface area contributed by atoms with Crippen molar-refractivity contribution >= 4 is 23.7 Å². The third-order valence-corrected chi connectivity index (χ3v) is 7.07. The van der Waals surface area contributed by atoms with Gasteiger partial charge in [-0.1, -0.05) is 60.7 Å². The molecule has 3 aromatic rings. The summed E-state index contributed by atoms with van der Waals surface area (Å²) in [5, 5.41) is 1.38. The minimum absolute atomic E-state index is 0.0105. The third kappa shape index (κ3) is 4.18. The van der Waals surface area contributed by atoms with Gasteiger partial charge in [-0.15, -0.1) is 0 Å². The first-order valence-electron chi connectivity index (χ1n) is 9.08. The highest BCUT2D eigenvalue weighted by Gasteiger charge is 2.32. The van der Waals surface area contributed by atoms with Gasteiger partial charge in [0, 0.05) is 10.6 Å². The third-order valence-electron chi connectivity index (χ3n) is 4.09. The summed E-state index contributed by atoms with van der Waals surface area (Å²) in [6.07, 6.45) is 0.0283. The van der Waals surface area contributed by atoms with Crippen molar-refractivity contribution in [2.45, 2.75) is 20.0 Å². The molecule has 0 N–H and O–H groups in total. The van der Waals surface area contributed by atoms with Crippen LogP contribution in [0.3, 0.4) is 0 Å². The number of hydrogen-bond donors (Lipinski definition) is 0. The molecule has 6 nitrogen and oxygen atoms in total. The number of aromatic nitrogens is 1. The quantitative estimate of drug-likeness (QED) is 0.424. The van der Waals surface area contributed by atoms with Crippen molar-refractivity contribution < 1.29 is 23.3 Å². The smallest absolute Gasteiger partial charge is 0.364 e. The van der Waals surface area contributed by atoms with E-state index in [1.54, 1.807) is 13.8 Å². The number of carbonyl (C=O) groups excluding carboxylic acids is 1. The summed E-state index contributed by atoms with van der Waals surface area (Å²) in [6.45, 7) is 3.99. The van der Waals surface area contributed by atoms with Gasteiger partial charge in [0.1, 0.15) is 0 Å². The lowest BCUT2D eigenvalue weighted by Gasteiger charge is -2.17. The maximum absolute atomic E-state index is 14.1. The van der Waals surface area contributed by atoms with E-state index in [1.807, 2.05) is 60.7 Å². The Bertz CT molecular complexity index is 925. The molecule has 0 unspecified atom stereocenters. The number of carbonyl (C=O) groups is 1. The molecule has 0 fully saturated rings. The van der Waals surface area contributed by atoms with Crippen LogP contribution in [0.25, 0.3) is 0 Å². The van der Waals surface area contributed by atoms with Crippen molar-refractivity contribution in [2.75, 3.05) is 13.2 Å². The van der Waals surface area contributed by atoms with Crippen molar-refractivity contribution in [3.8, 4) is 5.95 Å². The van der Waals surface area contributed by atoms with E-state index in [2.05, 4.69) is 4.98 Å². The van der Waals surface area contributed by atoms with Crippen LogP contribution in [-0.2, 0) is 15.5 Å². The number of nitrogens with zero attached hydrogens (tertiary/aromatic N) is 1. The molecule has 7 heteroatoms. The fraction of sp³-hybridized carbons (Fsp3) is 0.238.